The zero-order valence-corrected chi connectivity index (χ0v) is 6.94. The molecular formula is C8H18O. The van der Waals surface area contributed by atoms with Crippen LogP contribution in [-0.2, 0) is 0 Å². The van der Waals surface area contributed by atoms with Crippen molar-refractivity contribution in [2.24, 2.45) is 5.92 Å². The standard InChI is InChI=1S/C8H18O/c1-5-6-7(2)8(3,4)9/h7,9H,5-6H2,1-4H3/t7-/m1/s1. The Hall–Kier alpha value is -0.0400. The van der Waals surface area contributed by atoms with Gasteiger partial charge in [-0.25, -0.2) is 0 Å². The maximum Gasteiger partial charge on any atom is 0.0617 e. The van der Waals surface area contributed by atoms with Crippen molar-refractivity contribution in [2.75, 3.05) is 0 Å². The molecule has 0 amide bonds. The summed E-state index contributed by atoms with van der Waals surface area (Å²) in [4.78, 5) is 0. The molecule has 1 nitrogen and oxygen atoms in total. The van der Waals surface area contributed by atoms with Crippen molar-refractivity contribution < 1.29 is 5.11 Å². The van der Waals surface area contributed by atoms with E-state index < -0.39 is 5.60 Å². The van der Waals surface area contributed by atoms with Gasteiger partial charge in [0, 0.05) is 0 Å². The molecule has 0 aliphatic carbocycles. The van der Waals surface area contributed by atoms with Crippen LogP contribution in [0.2, 0.25) is 0 Å². The Kier molecular flexibility index (Phi) is 3.20. The van der Waals surface area contributed by atoms with Crippen molar-refractivity contribution in [3.05, 3.63) is 0 Å². The lowest BCUT2D eigenvalue weighted by Crippen LogP contribution is -2.28. The van der Waals surface area contributed by atoms with E-state index in [9.17, 15) is 5.11 Å². The topological polar surface area (TPSA) is 20.2 Å². The van der Waals surface area contributed by atoms with Gasteiger partial charge in [0.05, 0.1) is 5.60 Å². The SMILES string of the molecule is CCC[C@@H](C)C(C)(C)O. The number of hydrogen-bond acceptors (Lipinski definition) is 1. The van der Waals surface area contributed by atoms with Crippen molar-refractivity contribution in [3.8, 4) is 0 Å². The highest BCUT2D eigenvalue weighted by atomic mass is 16.3. The first-order chi connectivity index (χ1) is 3.98. The highest BCUT2D eigenvalue weighted by Gasteiger charge is 2.20. The molecule has 0 radical (unpaired) electrons. The van der Waals surface area contributed by atoms with Gasteiger partial charge in [-0.05, 0) is 26.2 Å². The van der Waals surface area contributed by atoms with Crippen LogP contribution in [0.3, 0.4) is 0 Å². The fraction of sp³-hybridized carbons (Fsp3) is 1.00. The van der Waals surface area contributed by atoms with Crippen LogP contribution in [0.1, 0.15) is 40.5 Å². The Labute approximate surface area is 58.1 Å². The van der Waals surface area contributed by atoms with E-state index in [4.69, 9.17) is 0 Å². The van der Waals surface area contributed by atoms with Gasteiger partial charge in [0.25, 0.3) is 0 Å². The molecule has 9 heavy (non-hydrogen) atoms. The Morgan fingerprint density at radius 2 is 1.89 bits per heavy atom. The van der Waals surface area contributed by atoms with Gasteiger partial charge in [-0.3, -0.25) is 0 Å². The molecule has 0 fully saturated rings. The van der Waals surface area contributed by atoms with Crippen LogP contribution >= 0.6 is 0 Å². The molecular weight excluding hydrogens is 112 g/mol. The monoisotopic (exact) mass is 130 g/mol. The smallest absolute Gasteiger partial charge is 0.0617 e. The van der Waals surface area contributed by atoms with Gasteiger partial charge in [0.2, 0.25) is 0 Å². The Balaban J connectivity index is 3.59. The van der Waals surface area contributed by atoms with Gasteiger partial charge in [0.15, 0.2) is 0 Å². The third-order valence-corrected chi connectivity index (χ3v) is 1.93. The second-order valence-electron chi connectivity index (χ2n) is 3.34. The number of rotatable bonds is 3. The maximum atomic E-state index is 9.42. The predicted molar refractivity (Wildman–Crippen MR) is 40.4 cm³/mol. The van der Waals surface area contributed by atoms with Crippen LogP contribution in [0.15, 0.2) is 0 Å². The van der Waals surface area contributed by atoms with Crippen molar-refractivity contribution in [1.82, 2.24) is 0 Å². The van der Waals surface area contributed by atoms with E-state index in [0.29, 0.717) is 5.92 Å². The maximum absolute atomic E-state index is 9.42. The van der Waals surface area contributed by atoms with Gasteiger partial charge >= 0.3 is 0 Å². The molecule has 0 heterocycles. The Morgan fingerprint density at radius 3 is 2.00 bits per heavy atom. The lowest BCUT2D eigenvalue weighted by atomic mass is 9.89. The highest BCUT2D eigenvalue weighted by Crippen LogP contribution is 2.19. The molecule has 0 bridgehead atoms. The highest BCUT2D eigenvalue weighted by molar-refractivity contribution is 4.72. The number of aliphatic hydroxyl groups is 1. The van der Waals surface area contributed by atoms with E-state index in [1.807, 2.05) is 13.8 Å². The number of hydrogen-bond donors (Lipinski definition) is 1. The first kappa shape index (κ1) is 8.96. The third-order valence-electron chi connectivity index (χ3n) is 1.93. The van der Waals surface area contributed by atoms with Crippen LogP contribution in [-0.4, -0.2) is 10.7 Å². The molecule has 0 aromatic heterocycles. The van der Waals surface area contributed by atoms with Crippen LogP contribution in [0.25, 0.3) is 0 Å². The Morgan fingerprint density at radius 1 is 1.44 bits per heavy atom. The summed E-state index contributed by atoms with van der Waals surface area (Å²) >= 11 is 0. The molecule has 0 unspecified atom stereocenters. The minimum absolute atomic E-state index is 0.419. The normalized spacial score (nSPS) is 15.7. The van der Waals surface area contributed by atoms with Gasteiger partial charge in [-0.2, -0.15) is 0 Å². The van der Waals surface area contributed by atoms with E-state index >= 15 is 0 Å². The molecule has 0 aliphatic heterocycles. The summed E-state index contributed by atoms with van der Waals surface area (Å²) in [6, 6.07) is 0. The average molecular weight is 130 g/mol. The molecule has 1 N–H and O–H groups in total. The molecule has 0 aromatic carbocycles. The molecule has 0 rings (SSSR count). The zero-order chi connectivity index (χ0) is 7.49. The summed E-state index contributed by atoms with van der Waals surface area (Å²) in [6.45, 7) is 7.96. The van der Waals surface area contributed by atoms with Crippen molar-refractivity contribution in [1.29, 1.82) is 0 Å². The molecule has 0 aromatic rings. The molecule has 1 atom stereocenters. The van der Waals surface area contributed by atoms with Gasteiger partial charge in [0.1, 0.15) is 0 Å². The largest absolute Gasteiger partial charge is 0.390 e. The van der Waals surface area contributed by atoms with Gasteiger partial charge in [-0.1, -0.05) is 20.3 Å². The summed E-state index contributed by atoms with van der Waals surface area (Å²) in [7, 11) is 0. The molecule has 0 aliphatic rings. The minimum atomic E-state index is -0.490. The predicted octanol–water partition coefficient (Wildman–Crippen LogP) is 2.19. The first-order valence-electron chi connectivity index (χ1n) is 3.70. The lowest BCUT2D eigenvalue weighted by Gasteiger charge is -2.25. The summed E-state index contributed by atoms with van der Waals surface area (Å²) < 4.78 is 0. The lowest BCUT2D eigenvalue weighted by molar-refractivity contribution is 0.0211. The summed E-state index contributed by atoms with van der Waals surface area (Å²) in [6.07, 6.45) is 2.27. The van der Waals surface area contributed by atoms with Crippen molar-refractivity contribution >= 4 is 0 Å². The van der Waals surface area contributed by atoms with E-state index in [2.05, 4.69) is 13.8 Å². The first-order valence-corrected chi connectivity index (χ1v) is 3.70. The molecule has 56 valence electrons. The van der Waals surface area contributed by atoms with E-state index in [1.165, 1.54) is 0 Å². The average Bonchev–Trinajstić information content (AvgIpc) is 1.64. The van der Waals surface area contributed by atoms with E-state index in [1.54, 1.807) is 0 Å². The fourth-order valence-electron chi connectivity index (χ4n) is 0.786. The summed E-state index contributed by atoms with van der Waals surface area (Å²) in [5.41, 5.74) is -0.490. The van der Waals surface area contributed by atoms with Crippen LogP contribution in [0, 0.1) is 5.92 Å². The van der Waals surface area contributed by atoms with E-state index in [-0.39, 0.29) is 0 Å². The quantitative estimate of drug-likeness (QED) is 0.621. The summed E-state index contributed by atoms with van der Waals surface area (Å²) in [5, 5.41) is 9.42. The molecule has 0 saturated heterocycles. The molecule has 0 spiro atoms. The van der Waals surface area contributed by atoms with Gasteiger partial charge in [-0.15, -0.1) is 0 Å². The van der Waals surface area contributed by atoms with Crippen LogP contribution < -0.4 is 0 Å². The Bertz CT molecular complexity index is 71.1. The van der Waals surface area contributed by atoms with Crippen molar-refractivity contribution in [3.63, 3.8) is 0 Å². The fourth-order valence-corrected chi connectivity index (χ4v) is 0.786. The zero-order valence-electron chi connectivity index (χ0n) is 6.94. The van der Waals surface area contributed by atoms with Gasteiger partial charge < -0.3 is 5.11 Å². The van der Waals surface area contributed by atoms with Crippen LogP contribution in [0.4, 0.5) is 0 Å². The van der Waals surface area contributed by atoms with E-state index in [0.717, 1.165) is 12.8 Å². The third kappa shape index (κ3) is 3.52. The van der Waals surface area contributed by atoms with Crippen LogP contribution in [0.5, 0.6) is 0 Å². The minimum Gasteiger partial charge on any atom is -0.390 e. The summed E-state index contributed by atoms with van der Waals surface area (Å²) in [5.74, 6) is 0.419. The second-order valence-corrected chi connectivity index (χ2v) is 3.34. The second kappa shape index (κ2) is 3.21. The molecule has 1 heteroatoms. The molecule has 0 saturated carbocycles. The van der Waals surface area contributed by atoms with Crippen molar-refractivity contribution in [2.45, 2.75) is 46.1 Å².